The van der Waals surface area contributed by atoms with Gasteiger partial charge < -0.3 is 14.7 Å². The maximum absolute atomic E-state index is 12.6. The van der Waals surface area contributed by atoms with Crippen molar-refractivity contribution in [1.29, 1.82) is 0 Å². The van der Waals surface area contributed by atoms with Gasteiger partial charge in [0, 0.05) is 18.9 Å². The van der Waals surface area contributed by atoms with Crippen molar-refractivity contribution in [3.8, 4) is 11.5 Å². The molecule has 3 rings (SSSR count). The molecule has 7 nitrogen and oxygen atoms in total. The van der Waals surface area contributed by atoms with Gasteiger partial charge >= 0.3 is 0 Å². The summed E-state index contributed by atoms with van der Waals surface area (Å²) < 4.78 is 5.26. The van der Waals surface area contributed by atoms with E-state index in [9.17, 15) is 4.79 Å². The summed E-state index contributed by atoms with van der Waals surface area (Å²) in [6.45, 7) is 7.93. The van der Waals surface area contributed by atoms with Gasteiger partial charge in [0.1, 0.15) is 5.82 Å². The molecule has 1 amide bonds. The van der Waals surface area contributed by atoms with E-state index < -0.39 is 0 Å². The van der Waals surface area contributed by atoms with Crippen LogP contribution < -0.4 is 10.2 Å². The van der Waals surface area contributed by atoms with E-state index in [1.165, 1.54) is 5.56 Å². The van der Waals surface area contributed by atoms with Crippen molar-refractivity contribution in [3.05, 3.63) is 53.0 Å². The molecule has 0 saturated heterocycles. The van der Waals surface area contributed by atoms with E-state index in [1.807, 2.05) is 33.9 Å². The first-order valence-electron chi connectivity index (χ1n) is 8.69. The van der Waals surface area contributed by atoms with Gasteiger partial charge in [0.15, 0.2) is 5.82 Å². The zero-order chi connectivity index (χ0) is 19.6. The number of carbonyl (C=O) groups is 1. The van der Waals surface area contributed by atoms with Crippen LogP contribution in [0.5, 0.6) is 0 Å². The molecular weight excluding hydrogens is 342 g/mol. The van der Waals surface area contributed by atoms with Crippen molar-refractivity contribution >= 4 is 17.4 Å². The second-order valence-electron chi connectivity index (χ2n) is 6.70. The molecule has 2 heterocycles. The molecule has 0 spiro atoms. The van der Waals surface area contributed by atoms with Crippen LogP contribution in [0.15, 0.2) is 35.0 Å². The minimum absolute atomic E-state index is 0.120. The average Bonchev–Trinajstić information content (AvgIpc) is 3.04. The quantitative estimate of drug-likeness (QED) is 0.746. The van der Waals surface area contributed by atoms with E-state index in [-0.39, 0.29) is 12.5 Å². The van der Waals surface area contributed by atoms with Gasteiger partial charge in [0.05, 0.1) is 12.1 Å². The largest absolute Gasteiger partial charge is 0.350 e. The number of benzene rings is 1. The van der Waals surface area contributed by atoms with Crippen LogP contribution in [-0.2, 0) is 4.79 Å². The predicted octanol–water partition coefficient (Wildman–Crippen LogP) is 3.44. The summed E-state index contributed by atoms with van der Waals surface area (Å²) in [7, 11) is 1.81. The van der Waals surface area contributed by atoms with Crippen molar-refractivity contribution in [2.75, 3.05) is 23.8 Å². The van der Waals surface area contributed by atoms with E-state index in [2.05, 4.69) is 32.6 Å². The number of anilines is 2. The van der Waals surface area contributed by atoms with Crippen LogP contribution in [0.3, 0.4) is 0 Å². The van der Waals surface area contributed by atoms with Gasteiger partial charge in [-0.3, -0.25) is 4.79 Å². The number of likely N-dealkylation sites (N-methyl/N-ethyl adjacent to an activating group) is 1. The number of aryl methyl sites for hydroxylation is 4. The topological polar surface area (TPSA) is 84.2 Å². The van der Waals surface area contributed by atoms with Gasteiger partial charge in [-0.25, -0.2) is 4.98 Å². The zero-order valence-corrected chi connectivity index (χ0v) is 16.2. The molecule has 3 aromatic rings. The van der Waals surface area contributed by atoms with E-state index in [1.54, 1.807) is 24.1 Å². The maximum atomic E-state index is 12.6. The van der Waals surface area contributed by atoms with E-state index in [0.29, 0.717) is 23.1 Å². The van der Waals surface area contributed by atoms with Crippen LogP contribution in [-0.4, -0.2) is 34.6 Å². The highest BCUT2D eigenvalue weighted by Gasteiger charge is 2.18. The summed E-state index contributed by atoms with van der Waals surface area (Å²) in [6, 6.07) is 7.76. The van der Waals surface area contributed by atoms with Crippen molar-refractivity contribution in [2.24, 2.45) is 0 Å². The lowest BCUT2D eigenvalue weighted by atomic mass is 10.1. The molecular formula is C20H23N5O2. The lowest BCUT2D eigenvalue weighted by Gasteiger charge is -2.20. The fraction of sp³-hybridized carbons (Fsp3) is 0.300. The van der Waals surface area contributed by atoms with Crippen LogP contribution in [0, 0.1) is 27.7 Å². The second kappa shape index (κ2) is 7.57. The van der Waals surface area contributed by atoms with E-state index in [4.69, 9.17) is 4.52 Å². The summed E-state index contributed by atoms with van der Waals surface area (Å²) in [6.07, 6.45) is 1.67. The van der Waals surface area contributed by atoms with Gasteiger partial charge in [-0.2, -0.15) is 4.98 Å². The molecule has 0 aliphatic rings. The van der Waals surface area contributed by atoms with Crippen molar-refractivity contribution in [1.82, 2.24) is 15.1 Å². The number of carbonyl (C=O) groups excluding carboxylic acids is 1. The molecule has 0 radical (unpaired) electrons. The first-order valence-corrected chi connectivity index (χ1v) is 8.69. The molecule has 0 bridgehead atoms. The number of amides is 1. The van der Waals surface area contributed by atoms with Crippen molar-refractivity contribution < 1.29 is 9.32 Å². The van der Waals surface area contributed by atoms with Crippen LogP contribution >= 0.6 is 0 Å². The summed E-state index contributed by atoms with van der Waals surface area (Å²) in [5.41, 5.74) is 4.81. The van der Waals surface area contributed by atoms with E-state index in [0.717, 1.165) is 16.8 Å². The van der Waals surface area contributed by atoms with Crippen molar-refractivity contribution in [3.63, 3.8) is 0 Å². The molecule has 0 fully saturated rings. The van der Waals surface area contributed by atoms with Gasteiger partial charge in [0.2, 0.25) is 5.91 Å². The average molecular weight is 365 g/mol. The smallest absolute Gasteiger partial charge is 0.261 e. The Hall–Kier alpha value is -3.22. The van der Waals surface area contributed by atoms with Crippen LogP contribution in [0.1, 0.15) is 22.5 Å². The van der Waals surface area contributed by atoms with Gasteiger partial charge in [-0.1, -0.05) is 22.9 Å². The third kappa shape index (κ3) is 4.13. The summed E-state index contributed by atoms with van der Waals surface area (Å²) in [4.78, 5) is 23.0. The number of nitrogens with one attached hydrogen (secondary N) is 1. The summed E-state index contributed by atoms with van der Waals surface area (Å²) in [5.74, 6) is 1.41. The normalized spacial score (nSPS) is 10.7. The Morgan fingerprint density at radius 3 is 2.52 bits per heavy atom. The molecule has 2 aromatic heterocycles. The third-order valence-corrected chi connectivity index (χ3v) is 4.23. The molecule has 140 valence electrons. The highest BCUT2D eigenvalue weighted by atomic mass is 16.5. The number of aromatic nitrogens is 3. The molecule has 0 unspecified atom stereocenters. The Morgan fingerprint density at radius 2 is 1.89 bits per heavy atom. The minimum atomic E-state index is -0.120. The number of rotatable bonds is 5. The molecule has 7 heteroatoms. The monoisotopic (exact) mass is 365 g/mol. The summed E-state index contributed by atoms with van der Waals surface area (Å²) in [5, 5.41) is 6.83. The lowest BCUT2D eigenvalue weighted by Crippen LogP contribution is -2.31. The molecule has 0 atom stereocenters. The Balaban J connectivity index is 1.78. The minimum Gasteiger partial charge on any atom is -0.350 e. The predicted molar refractivity (Wildman–Crippen MR) is 105 cm³/mol. The highest BCUT2D eigenvalue weighted by molar-refractivity contribution is 5.95. The third-order valence-electron chi connectivity index (χ3n) is 4.23. The Morgan fingerprint density at radius 1 is 1.19 bits per heavy atom. The Bertz CT molecular complexity index is 957. The second-order valence-corrected chi connectivity index (χ2v) is 6.70. The molecule has 0 aliphatic heterocycles. The van der Waals surface area contributed by atoms with Crippen molar-refractivity contribution in [2.45, 2.75) is 27.7 Å². The van der Waals surface area contributed by atoms with E-state index >= 15 is 0 Å². The van der Waals surface area contributed by atoms with Gasteiger partial charge in [-0.15, -0.1) is 0 Å². The molecule has 1 aromatic carbocycles. The fourth-order valence-electron chi connectivity index (χ4n) is 3.12. The maximum Gasteiger partial charge on any atom is 0.261 e. The number of hydrogen-bond acceptors (Lipinski definition) is 6. The molecule has 1 N–H and O–H groups in total. The Kier molecular flexibility index (Phi) is 5.21. The summed E-state index contributed by atoms with van der Waals surface area (Å²) >= 11 is 0. The van der Waals surface area contributed by atoms with Crippen LogP contribution in [0.2, 0.25) is 0 Å². The standard InChI is InChI=1S/C20H23N5O2/c1-12-9-13(2)18(14(3)10-12)23-17(26)11-25(5)19-16(7-6-8-21-19)20-22-15(4)24-27-20/h6-10H,11H2,1-5H3,(H,23,26). The van der Waals surface area contributed by atoms with Gasteiger partial charge in [0.25, 0.3) is 5.89 Å². The zero-order valence-electron chi connectivity index (χ0n) is 16.2. The first kappa shape index (κ1) is 18.6. The van der Waals surface area contributed by atoms with Crippen LogP contribution in [0.4, 0.5) is 11.5 Å². The SMILES string of the molecule is Cc1cc(C)c(NC(=O)CN(C)c2ncccc2-c2nc(C)no2)c(C)c1. The van der Waals surface area contributed by atoms with Gasteiger partial charge in [-0.05, 0) is 51.0 Å². The molecule has 0 aliphatic carbocycles. The number of nitrogens with zero attached hydrogens (tertiary/aromatic N) is 4. The lowest BCUT2D eigenvalue weighted by molar-refractivity contribution is -0.114. The molecule has 27 heavy (non-hydrogen) atoms. The highest BCUT2D eigenvalue weighted by Crippen LogP contribution is 2.27. The number of hydrogen-bond donors (Lipinski definition) is 1. The Labute approximate surface area is 158 Å². The molecule has 0 saturated carbocycles. The first-order chi connectivity index (χ1) is 12.8. The fourth-order valence-corrected chi connectivity index (χ4v) is 3.12. The number of pyridine rings is 1. The van der Waals surface area contributed by atoms with Crippen LogP contribution in [0.25, 0.3) is 11.5 Å².